The lowest BCUT2D eigenvalue weighted by molar-refractivity contribution is -0.000778. The van der Waals surface area contributed by atoms with Crippen LogP contribution in [0.5, 0.6) is 0 Å². The van der Waals surface area contributed by atoms with Crippen molar-refractivity contribution in [2.24, 2.45) is 5.92 Å². The molecule has 0 spiro atoms. The molecule has 2 aliphatic heterocycles. The number of para-hydroxylation sites is 1. The van der Waals surface area contributed by atoms with E-state index in [0.29, 0.717) is 12.5 Å². The minimum absolute atomic E-state index is 0.00424. The number of hydrogen-bond donors (Lipinski definition) is 1. The molecule has 5 nitrogen and oxygen atoms in total. The molecule has 2 atom stereocenters. The van der Waals surface area contributed by atoms with Crippen molar-refractivity contribution in [3.05, 3.63) is 57.4 Å². The molecule has 7 heteroatoms. The molecule has 5 rings (SSSR count). The Morgan fingerprint density at radius 1 is 1.14 bits per heavy atom. The van der Waals surface area contributed by atoms with E-state index in [9.17, 15) is 9.18 Å². The summed E-state index contributed by atoms with van der Waals surface area (Å²) in [6, 6.07) is 13.2. The van der Waals surface area contributed by atoms with E-state index >= 15 is 0 Å². The fraction of sp³-hybridized carbons (Fsp3) is 0.552. The van der Waals surface area contributed by atoms with Gasteiger partial charge in [-0.25, -0.2) is 9.18 Å². The molecule has 0 saturated carbocycles. The largest absolute Gasteiger partial charge is 0.444 e. The first-order chi connectivity index (χ1) is 16.9. The number of rotatable bonds is 5. The fourth-order valence-corrected chi connectivity index (χ4v) is 6.86. The van der Waals surface area contributed by atoms with E-state index in [2.05, 4.69) is 53.2 Å². The Labute approximate surface area is 217 Å². The number of H-pyrrole nitrogens is 1. The van der Waals surface area contributed by atoms with Crippen LogP contribution in [0.3, 0.4) is 0 Å². The van der Waals surface area contributed by atoms with Gasteiger partial charge in [0.2, 0.25) is 0 Å². The van der Waals surface area contributed by atoms with Crippen LogP contribution in [-0.4, -0.2) is 57.8 Å². The van der Waals surface area contributed by atoms with Crippen molar-refractivity contribution >= 4 is 28.3 Å². The molecule has 2 aliphatic rings. The normalized spacial score (nSPS) is 21.5. The van der Waals surface area contributed by atoms with Crippen LogP contribution < -0.4 is 0 Å². The summed E-state index contributed by atoms with van der Waals surface area (Å²) in [6.07, 6.45) is 1.63. The lowest BCUT2D eigenvalue weighted by Crippen LogP contribution is -2.52. The van der Waals surface area contributed by atoms with Gasteiger partial charge in [0, 0.05) is 52.0 Å². The van der Waals surface area contributed by atoms with Gasteiger partial charge in [-0.05, 0) is 84.1 Å². The number of amides is 1. The molecular formula is C29H38FN3O2S. The smallest absolute Gasteiger partial charge is 0.410 e. The minimum Gasteiger partial charge on any atom is -0.444 e. The number of alkyl halides is 1. The van der Waals surface area contributed by atoms with Gasteiger partial charge in [0.15, 0.2) is 0 Å². The first-order valence-electron chi connectivity index (χ1n) is 13.0. The predicted molar refractivity (Wildman–Crippen MR) is 145 cm³/mol. The van der Waals surface area contributed by atoms with Crippen LogP contribution in [0.1, 0.15) is 68.6 Å². The van der Waals surface area contributed by atoms with Gasteiger partial charge in [-0.1, -0.05) is 18.2 Å². The number of benzene rings is 1. The number of ether oxygens (including phenoxy) is 1. The van der Waals surface area contributed by atoms with Gasteiger partial charge in [0.05, 0.1) is 6.04 Å². The Kier molecular flexibility index (Phi) is 6.44. The monoisotopic (exact) mass is 511 g/mol. The average molecular weight is 512 g/mol. The van der Waals surface area contributed by atoms with Gasteiger partial charge < -0.3 is 14.6 Å². The zero-order valence-electron chi connectivity index (χ0n) is 22.2. The number of likely N-dealkylation sites (tertiary alicyclic amines) is 1. The molecule has 4 heterocycles. The number of halogens is 1. The van der Waals surface area contributed by atoms with Crippen LogP contribution in [0.2, 0.25) is 0 Å². The second-order valence-electron chi connectivity index (χ2n) is 12.2. The molecular weight excluding hydrogens is 473 g/mol. The van der Waals surface area contributed by atoms with Crippen molar-refractivity contribution in [3.63, 3.8) is 0 Å². The molecule has 0 unspecified atom stereocenters. The SMILES string of the molecule is C[C@@H]1Cc2c([nH]c3ccccc23)[C@@H](c2ccc(CC3CN(C(=O)OC(C)(C)C)C3)s2)N1CC(C)(C)F. The minimum atomic E-state index is -1.28. The van der Waals surface area contributed by atoms with Gasteiger partial charge in [0.1, 0.15) is 11.3 Å². The Balaban J connectivity index is 1.37. The highest BCUT2D eigenvalue weighted by atomic mass is 32.1. The number of carbonyl (C=O) groups is 1. The summed E-state index contributed by atoms with van der Waals surface area (Å²) in [4.78, 5) is 22.7. The van der Waals surface area contributed by atoms with Crippen molar-refractivity contribution in [1.82, 2.24) is 14.8 Å². The quantitative estimate of drug-likeness (QED) is 0.414. The third-order valence-electron chi connectivity index (χ3n) is 7.13. The highest BCUT2D eigenvalue weighted by Crippen LogP contribution is 2.44. The standard InChI is InChI=1S/C29H38FN3O2S/c1-18-13-22-21-9-7-8-10-23(21)31-25(22)26(33(18)17-29(5,6)30)24-12-11-20(36-24)14-19-15-32(16-19)27(34)35-28(2,3)4/h7-12,18-19,26,31H,13-17H2,1-6H3/t18-,26-/m1/s1. The number of fused-ring (bicyclic) bond motifs is 3. The lowest BCUT2D eigenvalue weighted by Gasteiger charge is -2.42. The molecule has 36 heavy (non-hydrogen) atoms. The maximum atomic E-state index is 15.0. The molecule has 0 aliphatic carbocycles. The molecule has 2 aromatic heterocycles. The fourth-order valence-electron chi connectivity index (χ4n) is 5.60. The first-order valence-corrected chi connectivity index (χ1v) is 13.8. The molecule has 1 fully saturated rings. The molecule has 0 bridgehead atoms. The second-order valence-corrected chi connectivity index (χ2v) is 13.4. The first kappa shape index (κ1) is 25.3. The predicted octanol–water partition coefficient (Wildman–Crippen LogP) is 6.72. The molecule has 1 N–H and O–H groups in total. The Morgan fingerprint density at radius 2 is 1.86 bits per heavy atom. The van der Waals surface area contributed by atoms with Crippen LogP contribution in [0, 0.1) is 5.92 Å². The van der Waals surface area contributed by atoms with Crippen molar-refractivity contribution in [3.8, 4) is 0 Å². The lowest BCUT2D eigenvalue weighted by atomic mass is 9.90. The molecule has 1 aromatic carbocycles. The van der Waals surface area contributed by atoms with E-state index in [0.717, 1.165) is 31.4 Å². The summed E-state index contributed by atoms with van der Waals surface area (Å²) >= 11 is 1.82. The summed E-state index contributed by atoms with van der Waals surface area (Å²) in [5, 5.41) is 1.27. The number of aromatic nitrogens is 1. The van der Waals surface area contributed by atoms with Crippen LogP contribution in [0.25, 0.3) is 10.9 Å². The highest BCUT2D eigenvalue weighted by molar-refractivity contribution is 7.12. The molecule has 194 valence electrons. The number of nitrogens with one attached hydrogen (secondary N) is 1. The van der Waals surface area contributed by atoms with Gasteiger partial charge in [-0.15, -0.1) is 11.3 Å². The summed E-state index contributed by atoms with van der Waals surface area (Å²) < 4.78 is 20.5. The average Bonchev–Trinajstić information content (AvgIpc) is 3.33. The van der Waals surface area contributed by atoms with Crippen molar-refractivity contribution in [2.45, 2.75) is 77.7 Å². The van der Waals surface area contributed by atoms with Crippen molar-refractivity contribution in [1.29, 1.82) is 0 Å². The molecule has 0 radical (unpaired) electrons. The van der Waals surface area contributed by atoms with Gasteiger partial charge >= 0.3 is 6.09 Å². The number of hydrogen-bond acceptors (Lipinski definition) is 4. The molecule has 1 amide bonds. The topological polar surface area (TPSA) is 48.6 Å². The Hall–Kier alpha value is -2.38. The van der Waals surface area contributed by atoms with E-state index < -0.39 is 11.3 Å². The Bertz CT molecular complexity index is 1250. The molecule has 3 aromatic rings. The van der Waals surface area contributed by atoms with Gasteiger partial charge in [-0.3, -0.25) is 4.90 Å². The summed E-state index contributed by atoms with van der Waals surface area (Å²) in [6.45, 7) is 13.1. The van der Waals surface area contributed by atoms with E-state index in [-0.39, 0.29) is 18.2 Å². The van der Waals surface area contributed by atoms with Crippen molar-refractivity contribution in [2.75, 3.05) is 19.6 Å². The summed E-state index contributed by atoms with van der Waals surface area (Å²) in [7, 11) is 0. The highest BCUT2D eigenvalue weighted by Gasteiger charge is 2.39. The third-order valence-corrected chi connectivity index (χ3v) is 8.29. The van der Waals surface area contributed by atoms with Crippen LogP contribution in [0.4, 0.5) is 9.18 Å². The molecule has 1 saturated heterocycles. The Morgan fingerprint density at radius 3 is 2.56 bits per heavy atom. The number of carbonyl (C=O) groups excluding carboxylic acids is 1. The van der Waals surface area contributed by atoms with E-state index in [4.69, 9.17) is 4.74 Å². The number of thiophene rings is 1. The van der Waals surface area contributed by atoms with Crippen LogP contribution in [-0.2, 0) is 17.6 Å². The van der Waals surface area contributed by atoms with E-state index in [1.165, 1.54) is 26.4 Å². The van der Waals surface area contributed by atoms with E-state index in [1.807, 2.05) is 32.1 Å². The summed E-state index contributed by atoms with van der Waals surface area (Å²) in [5.41, 5.74) is 1.95. The van der Waals surface area contributed by atoms with Crippen LogP contribution >= 0.6 is 11.3 Å². The second kappa shape index (κ2) is 9.18. The maximum absolute atomic E-state index is 15.0. The summed E-state index contributed by atoms with van der Waals surface area (Å²) in [5.74, 6) is 0.443. The zero-order chi connectivity index (χ0) is 25.8. The third kappa shape index (κ3) is 5.18. The number of nitrogens with zero attached hydrogens (tertiary/aromatic N) is 2. The maximum Gasteiger partial charge on any atom is 0.410 e. The zero-order valence-corrected chi connectivity index (χ0v) is 23.0. The van der Waals surface area contributed by atoms with Crippen molar-refractivity contribution < 1.29 is 13.9 Å². The van der Waals surface area contributed by atoms with E-state index in [1.54, 1.807) is 18.7 Å². The van der Waals surface area contributed by atoms with Gasteiger partial charge in [0.25, 0.3) is 0 Å². The number of aromatic amines is 1. The van der Waals surface area contributed by atoms with Crippen LogP contribution in [0.15, 0.2) is 36.4 Å². The van der Waals surface area contributed by atoms with Gasteiger partial charge in [-0.2, -0.15) is 0 Å².